The van der Waals surface area contributed by atoms with Gasteiger partial charge in [0.15, 0.2) is 0 Å². The maximum absolute atomic E-state index is 13.2. The normalized spacial score (nSPS) is 19.1. The number of anilines is 1. The van der Waals surface area contributed by atoms with Crippen molar-refractivity contribution in [1.82, 2.24) is 5.32 Å². The van der Waals surface area contributed by atoms with Crippen molar-refractivity contribution in [2.45, 2.75) is 26.3 Å². The van der Waals surface area contributed by atoms with Crippen LogP contribution in [0.15, 0.2) is 24.3 Å². The van der Waals surface area contributed by atoms with E-state index in [4.69, 9.17) is 0 Å². The SMILES string of the molecule is CC(C)NC(=O)C1CC(=O)N(c2cccc(F)c2)C1. The number of nitrogens with zero attached hydrogens (tertiary/aromatic N) is 1. The van der Waals surface area contributed by atoms with Crippen LogP contribution >= 0.6 is 0 Å². The summed E-state index contributed by atoms with van der Waals surface area (Å²) in [5.74, 6) is -1.02. The average Bonchev–Trinajstić information content (AvgIpc) is 2.70. The molecule has 1 aliphatic heterocycles. The second-order valence-corrected chi connectivity index (χ2v) is 5.05. The van der Waals surface area contributed by atoms with Gasteiger partial charge in [0.1, 0.15) is 5.82 Å². The first-order valence-corrected chi connectivity index (χ1v) is 6.33. The molecule has 0 saturated carbocycles. The van der Waals surface area contributed by atoms with Gasteiger partial charge in [-0.3, -0.25) is 9.59 Å². The Hall–Kier alpha value is -1.91. The third kappa shape index (κ3) is 3.10. The van der Waals surface area contributed by atoms with Crippen molar-refractivity contribution in [2.24, 2.45) is 5.92 Å². The minimum atomic E-state index is -0.389. The van der Waals surface area contributed by atoms with E-state index in [2.05, 4.69) is 5.32 Å². The molecular weight excluding hydrogens is 247 g/mol. The van der Waals surface area contributed by atoms with E-state index in [-0.39, 0.29) is 36.0 Å². The molecular formula is C14H17FN2O2. The molecule has 0 radical (unpaired) electrons. The van der Waals surface area contributed by atoms with Crippen LogP contribution < -0.4 is 10.2 Å². The summed E-state index contributed by atoms with van der Waals surface area (Å²) in [6.07, 6.45) is 0.176. The predicted octanol–water partition coefficient (Wildman–Crippen LogP) is 1.70. The summed E-state index contributed by atoms with van der Waals surface area (Å²) in [7, 11) is 0. The Bertz CT molecular complexity index is 502. The molecule has 102 valence electrons. The quantitative estimate of drug-likeness (QED) is 0.903. The van der Waals surface area contributed by atoms with Gasteiger partial charge in [0.25, 0.3) is 0 Å². The monoisotopic (exact) mass is 264 g/mol. The summed E-state index contributed by atoms with van der Waals surface area (Å²) in [6, 6.07) is 5.90. The molecule has 1 atom stereocenters. The molecule has 0 spiro atoms. The molecule has 19 heavy (non-hydrogen) atoms. The molecule has 5 heteroatoms. The fourth-order valence-corrected chi connectivity index (χ4v) is 2.18. The summed E-state index contributed by atoms with van der Waals surface area (Å²) < 4.78 is 13.2. The zero-order chi connectivity index (χ0) is 14.0. The Balaban J connectivity index is 2.10. The highest BCUT2D eigenvalue weighted by molar-refractivity contribution is 6.00. The summed E-state index contributed by atoms with van der Waals surface area (Å²) in [4.78, 5) is 25.3. The van der Waals surface area contributed by atoms with E-state index >= 15 is 0 Å². The molecule has 2 rings (SSSR count). The molecule has 1 aromatic rings. The maximum atomic E-state index is 13.2. The van der Waals surface area contributed by atoms with E-state index in [0.29, 0.717) is 12.2 Å². The van der Waals surface area contributed by atoms with E-state index in [9.17, 15) is 14.0 Å². The summed E-state index contributed by atoms with van der Waals surface area (Å²) in [5.41, 5.74) is 0.504. The fourth-order valence-electron chi connectivity index (χ4n) is 2.18. The minimum absolute atomic E-state index is 0.0471. The van der Waals surface area contributed by atoms with Crippen LogP contribution in [0.3, 0.4) is 0 Å². The highest BCUT2D eigenvalue weighted by Crippen LogP contribution is 2.25. The van der Waals surface area contributed by atoms with Crippen molar-refractivity contribution in [1.29, 1.82) is 0 Å². The Morgan fingerprint density at radius 3 is 2.84 bits per heavy atom. The van der Waals surface area contributed by atoms with Crippen molar-refractivity contribution in [2.75, 3.05) is 11.4 Å². The second-order valence-electron chi connectivity index (χ2n) is 5.05. The smallest absolute Gasteiger partial charge is 0.227 e. The van der Waals surface area contributed by atoms with Crippen molar-refractivity contribution in [3.63, 3.8) is 0 Å². The Kier molecular flexibility index (Phi) is 3.83. The molecule has 0 aliphatic carbocycles. The topological polar surface area (TPSA) is 49.4 Å². The first-order chi connectivity index (χ1) is 8.97. The lowest BCUT2D eigenvalue weighted by Crippen LogP contribution is -2.36. The molecule has 0 aromatic heterocycles. The Labute approximate surface area is 111 Å². The number of carbonyl (C=O) groups excluding carboxylic acids is 2. The maximum Gasteiger partial charge on any atom is 0.227 e. The van der Waals surface area contributed by atoms with Gasteiger partial charge in [-0.05, 0) is 32.0 Å². The van der Waals surface area contributed by atoms with E-state index in [1.165, 1.54) is 17.0 Å². The number of halogens is 1. The number of amides is 2. The van der Waals surface area contributed by atoms with Crippen LogP contribution in [0.1, 0.15) is 20.3 Å². The molecule has 1 saturated heterocycles. The van der Waals surface area contributed by atoms with Gasteiger partial charge >= 0.3 is 0 Å². The Morgan fingerprint density at radius 2 is 2.21 bits per heavy atom. The number of hydrogen-bond donors (Lipinski definition) is 1. The summed E-state index contributed by atoms with van der Waals surface area (Å²) >= 11 is 0. The van der Waals surface area contributed by atoms with Gasteiger partial charge in [0, 0.05) is 24.7 Å². The van der Waals surface area contributed by atoms with Crippen LogP contribution in [-0.4, -0.2) is 24.4 Å². The van der Waals surface area contributed by atoms with Gasteiger partial charge in [-0.15, -0.1) is 0 Å². The standard InChI is InChI=1S/C14H17FN2O2/c1-9(2)16-14(19)10-6-13(18)17(8-10)12-5-3-4-11(15)7-12/h3-5,7,9-10H,6,8H2,1-2H3,(H,16,19). The van der Waals surface area contributed by atoms with Crippen molar-refractivity contribution < 1.29 is 14.0 Å². The predicted molar refractivity (Wildman–Crippen MR) is 70.1 cm³/mol. The average molecular weight is 264 g/mol. The molecule has 1 unspecified atom stereocenters. The van der Waals surface area contributed by atoms with Gasteiger partial charge in [-0.25, -0.2) is 4.39 Å². The molecule has 0 bridgehead atoms. The number of rotatable bonds is 3. The first kappa shape index (κ1) is 13.5. The molecule has 2 amide bonds. The number of benzene rings is 1. The van der Waals surface area contributed by atoms with Gasteiger partial charge in [0.05, 0.1) is 5.92 Å². The van der Waals surface area contributed by atoms with E-state index in [1.807, 2.05) is 13.8 Å². The summed E-state index contributed by atoms with van der Waals surface area (Å²) in [6.45, 7) is 4.05. The number of carbonyl (C=O) groups is 2. The molecule has 1 aromatic carbocycles. The van der Waals surface area contributed by atoms with E-state index < -0.39 is 0 Å². The van der Waals surface area contributed by atoms with Gasteiger partial charge in [-0.1, -0.05) is 6.07 Å². The van der Waals surface area contributed by atoms with Crippen LogP contribution in [0.25, 0.3) is 0 Å². The molecule has 1 aliphatic rings. The van der Waals surface area contributed by atoms with Crippen LogP contribution in [0.2, 0.25) is 0 Å². The van der Waals surface area contributed by atoms with Crippen molar-refractivity contribution in [3.8, 4) is 0 Å². The van der Waals surface area contributed by atoms with Gasteiger partial charge < -0.3 is 10.2 Å². The van der Waals surface area contributed by atoms with Gasteiger partial charge in [0.2, 0.25) is 11.8 Å². The van der Waals surface area contributed by atoms with E-state index in [1.54, 1.807) is 12.1 Å². The number of nitrogens with one attached hydrogen (secondary N) is 1. The second kappa shape index (κ2) is 5.38. The third-order valence-electron chi connectivity index (χ3n) is 3.05. The van der Waals surface area contributed by atoms with Crippen LogP contribution in [0, 0.1) is 11.7 Å². The van der Waals surface area contributed by atoms with Crippen molar-refractivity contribution >= 4 is 17.5 Å². The zero-order valence-electron chi connectivity index (χ0n) is 11.0. The highest BCUT2D eigenvalue weighted by atomic mass is 19.1. The first-order valence-electron chi connectivity index (χ1n) is 6.33. The molecule has 1 fully saturated rings. The largest absolute Gasteiger partial charge is 0.354 e. The van der Waals surface area contributed by atoms with Crippen LogP contribution in [0.5, 0.6) is 0 Å². The lowest BCUT2D eigenvalue weighted by atomic mass is 10.1. The molecule has 1 heterocycles. The highest BCUT2D eigenvalue weighted by Gasteiger charge is 2.35. The minimum Gasteiger partial charge on any atom is -0.354 e. The Morgan fingerprint density at radius 1 is 1.47 bits per heavy atom. The van der Waals surface area contributed by atoms with Gasteiger partial charge in [-0.2, -0.15) is 0 Å². The number of hydrogen-bond acceptors (Lipinski definition) is 2. The van der Waals surface area contributed by atoms with Crippen LogP contribution in [-0.2, 0) is 9.59 Å². The third-order valence-corrected chi connectivity index (χ3v) is 3.05. The van der Waals surface area contributed by atoms with Crippen molar-refractivity contribution in [3.05, 3.63) is 30.1 Å². The zero-order valence-corrected chi connectivity index (χ0v) is 11.0. The fraction of sp³-hybridized carbons (Fsp3) is 0.429. The summed E-state index contributed by atoms with van der Waals surface area (Å²) in [5, 5.41) is 2.80. The lowest BCUT2D eigenvalue weighted by Gasteiger charge is -2.17. The lowest BCUT2D eigenvalue weighted by molar-refractivity contribution is -0.126. The molecule has 4 nitrogen and oxygen atoms in total. The van der Waals surface area contributed by atoms with E-state index in [0.717, 1.165) is 0 Å². The van der Waals surface area contributed by atoms with Crippen LogP contribution in [0.4, 0.5) is 10.1 Å². The molecule has 1 N–H and O–H groups in total.